The summed E-state index contributed by atoms with van der Waals surface area (Å²) in [6, 6.07) is 0. The monoisotopic (exact) mass is 398 g/mol. The number of carbonyl (C=O) groups is 4. The highest BCUT2D eigenvalue weighted by Gasteiger charge is 2.23. The van der Waals surface area contributed by atoms with Crippen molar-refractivity contribution in [1.29, 1.82) is 0 Å². The summed E-state index contributed by atoms with van der Waals surface area (Å²) in [4.78, 5) is 46.1. The zero-order valence-corrected chi connectivity index (χ0v) is 17.8. The lowest BCUT2D eigenvalue weighted by Gasteiger charge is -2.04. The lowest BCUT2D eigenvalue weighted by molar-refractivity contribution is -0.177. The number of ether oxygens (including phenoxy) is 2. The summed E-state index contributed by atoms with van der Waals surface area (Å²) in [6.07, 6.45) is 14.7. The third-order valence-electron chi connectivity index (χ3n) is 4.55. The predicted octanol–water partition coefficient (Wildman–Crippen LogP) is 5.41. The molecule has 0 rings (SSSR count). The number of unbranched alkanes of at least 4 members (excludes halogenated alkanes) is 12. The van der Waals surface area contributed by atoms with E-state index in [2.05, 4.69) is 23.3 Å². The average Bonchev–Trinajstić information content (AvgIpc) is 2.66. The molecule has 0 bridgehead atoms. The van der Waals surface area contributed by atoms with Crippen LogP contribution in [-0.4, -0.2) is 23.9 Å². The summed E-state index contributed by atoms with van der Waals surface area (Å²) in [6.45, 7) is 4.31. The van der Waals surface area contributed by atoms with Crippen molar-refractivity contribution in [3.8, 4) is 0 Å². The fraction of sp³-hybridized carbons (Fsp3) is 0.818. The zero-order chi connectivity index (χ0) is 21.0. The molecule has 0 aliphatic carbocycles. The van der Waals surface area contributed by atoms with E-state index in [1.165, 1.54) is 38.5 Å². The van der Waals surface area contributed by atoms with Gasteiger partial charge in [0.25, 0.3) is 0 Å². The summed E-state index contributed by atoms with van der Waals surface area (Å²) in [5.74, 6) is -4.34. The van der Waals surface area contributed by atoms with Crippen molar-refractivity contribution < 1.29 is 28.7 Å². The van der Waals surface area contributed by atoms with E-state index in [1.54, 1.807) is 0 Å². The van der Waals surface area contributed by atoms with Crippen LogP contribution >= 0.6 is 0 Å². The van der Waals surface area contributed by atoms with Crippen LogP contribution in [0.25, 0.3) is 0 Å². The van der Waals surface area contributed by atoms with E-state index >= 15 is 0 Å². The van der Waals surface area contributed by atoms with Crippen molar-refractivity contribution in [3.63, 3.8) is 0 Å². The first-order chi connectivity index (χ1) is 13.5. The summed E-state index contributed by atoms with van der Waals surface area (Å²) < 4.78 is 8.87. The second-order valence-electron chi connectivity index (χ2n) is 7.27. The maximum absolute atomic E-state index is 11.6. The van der Waals surface area contributed by atoms with Gasteiger partial charge in [0.15, 0.2) is 0 Å². The van der Waals surface area contributed by atoms with Gasteiger partial charge >= 0.3 is 23.9 Å². The van der Waals surface area contributed by atoms with E-state index in [1.807, 2.05) is 0 Å². The molecule has 6 heteroatoms. The standard InChI is InChI=1S/C22H38O6/c1-3-5-7-9-11-13-15-17-19(23)27-21(25)22(26)28-20(24)18-16-14-12-10-8-6-4-2/h3-18H2,1-2H3. The molecule has 0 heterocycles. The molecule has 28 heavy (non-hydrogen) atoms. The first kappa shape index (κ1) is 26.3. The van der Waals surface area contributed by atoms with E-state index in [0.717, 1.165) is 38.5 Å². The van der Waals surface area contributed by atoms with Gasteiger partial charge in [0.2, 0.25) is 0 Å². The molecule has 0 atom stereocenters. The van der Waals surface area contributed by atoms with Gasteiger partial charge in [-0.2, -0.15) is 0 Å². The molecule has 0 spiro atoms. The van der Waals surface area contributed by atoms with Crippen LogP contribution in [0.4, 0.5) is 0 Å². The molecule has 0 aromatic rings. The lowest BCUT2D eigenvalue weighted by Crippen LogP contribution is -2.25. The third kappa shape index (κ3) is 16.5. The molecule has 0 N–H and O–H groups in total. The summed E-state index contributed by atoms with van der Waals surface area (Å²) in [5, 5.41) is 0. The van der Waals surface area contributed by atoms with Crippen LogP contribution in [0.15, 0.2) is 0 Å². The minimum Gasteiger partial charge on any atom is -0.384 e. The average molecular weight is 399 g/mol. The fourth-order valence-electron chi connectivity index (χ4n) is 2.85. The molecule has 0 saturated heterocycles. The number of hydrogen-bond donors (Lipinski definition) is 0. The Morgan fingerprint density at radius 1 is 0.464 bits per heavy atom. The van der Waals surface area contributed by atoms with Crippen LogP contribution in [0.2, 0.25) is 0 Å². The normalized spacial score (nSPS) is 10.5. The van der Waals surface area contributed by atoms with E-state index < -0.39 is 23.9 Å². The van der Waals surface area contributed by atoms with Crippen molar-refractivity contribution in [2.45, 2.75) is 117 Å². The molecule has 0 radical (unpaired) electrons. The maximum Gasteiger partial charge on any atom is 0.425 e. The molecule has 0 fully saturated rings. The molecule has 0 aliphatic rings. The van der Waals surface area contributed by atoms with Crippen LogP contribution < -0.4 is 0 Å². The Kier molecular flexibility index (Phi) is 17.5. The number of rotatable bonds is 16. The molecule has 0 aromatic carbocycles. The van der Waals surface area contributed by atoms with Gasteiger partial charge in [-0.25, -0.2) is 9.59 Å². The van der Waals surface area contributed by atoms with Crippen molar-refractivity contribution in [3.05, 3.63) is 0 Å². The third-order valence-corrected chi connectivity index (χ3v) is 4.55. The molecule has 0 amide bonds. The molecule has 0 aliphatic heterocycles. The second-order valence-corrected chi connectivity index (χ2v) is 7.27. The highest BCUT2D eigenvalue weighted by atomic mass is 16.6. The fourth-order valence-corrected chi connectivity index (χ4v) is 2.85. The molecule has 0 saturated carbocycles. The number of hydrogen-bond acceptors (Lipinski definition) is 6. The van der Waals surface area contributed by atoms with Gasteiger partial charge in [0.1, 0.15) is 0 Å². The SMILES string of the molecule is CCCCCCCCCC(=O)OC(=O)C(=O)OC(=O)CCCCCCCCC. The Balaban J connectivity index is 3.74. The van der Waals surface area contributed by atoms with Crippen LogP contribution in [0.1, 0.15) is 117 Å². The summed E-state index contributed by atoms with van der Waals surface area (Å²) >= 11 is 0. The smallest absolute Gasteiger partial charge is 0.384 e. The van der Waals surface area contributed by atoms with Gasteiger partial charge in [-0.15, -0.1) is 0 Å². The van der Waals surface area contributed by atoms with Gasteiger partial charge < -0.3 is 9.47 Å². The minimum atomic E-state index is -1.42. The highest BCUT2D eigenvalue weighted by Crippen LogP contribution is 2.10. The maximum atomic E-state index is 11.6. The first-order valence-corrected chi connectivity index (χ1v) is 11.0. The van der Waals surface area contributed by atoms with Crippen molar-refractivity contribution >= 4 is 23.9 Å². The van der Waals surface area contributed by atoms with Gasteiger partial charge in [-0.1, -0.05) is 90.9 Å². The van der Waals surface area contributed by atoms with Crippen molar-refractivity contribution in [2.24, 2.45) is 0 Å². The molecule has 0 unspecified atom stereocenters. The van der Waals surface area contributed by atoms with Gasteiger partial charge in [-0.05, 0) is 12.8 Å². The topological polar surface area (TPSA) is 86.7 Å². The molecule has 162 valence electrons. The van der Waals surface area contributed by atoms with Crippen molar-refractivity contribution in [1.82, 2.24) is 0 Å². The summed E-state index contributed by atoms with van der Waals surface area (Å²) in [7, 11) is 0. The zero-order valence-electron chi connectivity index (χ0n) is 17.8. The molecular weight excluding hydrogens is 360 g/mol. The predicted molar refractivity (Wildman–Crippen MR) is 107 cm³/mol. The Bertz CT molecular complexity index is 416. The Hall–Kier alpha value is -1.72. The quantitative estimate of drug-likeness (QED) is 0.150. The van der Waals surface area contributed by atoms with E-state index in [-0.39, 0.29) is 12.8 Å². The van der Waals surface area contributed by atoms with Crippen LogP contribution in [-0.2, 0) is 28.7 Å². The molecule has 6 nitrogen and oxygen atoms in total. The molecule has 0 aromatic heterocycles. The van der Waals surface area contributed by atoms with E-state index in [9.17, 15) is 19.2 Å². The number of esters is 4. The van der Waals surface area contributed by atoms with Gasteiger partial charge in [0, 0.05) is 12.8 Å². The van der Waals surface area contributed by atoms with Gasteiger partial charge in [-0.3, -0.25) is 9.59 Å². The number of carbonyl (C=O) groups excluding carboxylic acids is 4. The highest BCUT2D eigenvalue weighted by molar-refractivity contribution is 6.33. The summed E-state index contributed by atoms with van der Waals surface area (Å²) in [5.41, 5.74) is 0. The van der Waals surface area contributed by atoms with Crippen LogP contribution in [0, 0.1) is 0 Å². The minimum absolute atomic E-state index is 0.0821. The van der Waals surface area contributed by atoms with E-state index in [0.29, 0.717) is 12.8 Å². The largest absolute Gasteiger partial charge is 0.425 e. The van der Waals surface area contributed by atoms with Crippen molar-refractivity contribution in [2.75, 3.05) is 0 Å². The van der Waals surface area contributed by atoms with Crippen LogP contribution in [0.3, 0.4) is 0 Å². The lowest BCUT2D eigenvalue weighted by atomic mass is 10.1. The van der Waals surface area contributed by atoms with Gasteiger partial charge in [0.05, 0.1) is 0 Å². The Morgan fingerprint density at radius 3 is 1.07 bits per heavy atom. The Labute approximate surface area is 169 Å². The Morgan fingerprint density at radius 2 is 0.750 bits per heavy atom. The molecular formula is C22H38O6. The first-order valence-electron chi connectivity index (χ1n) is 11.0. The van der Waals surface area contributed by atoms with Crippen LogP contribution in [0.5, 0.6) is 0 Å². The second kappa shape index (κ2) is 18.6. The van der Waals surface area contributed by atoms with E-state index in [4.69, 9.17) is 0 Å².